The van der Waals surface area contributed by atoms with E-state index in [9.17, 15) is 8.78 Å². The summed E-state index contributed by atoms with van der Waals surface area (Å²) in [6.45, 7) is 0.162. The van der Waals surface area contributed by atoms with Crippen molar-refractivity contribution in [2.45, 2.75) is 12.3 Å². The summed E-state index contributed by atoms with van der Waals surface area (Å²) in [4.78, 5) is 1.10. The second kappa shape index (κ2) is 6.46. The minimum absolute atomic E-state index is 0.0432. The first kappa shape index (κ1) is 14.4. The molecule has 0 aliphatic heterocycles. The fourth-order valence-electron chi connectivity index (χ4n) is 1.73. The largest absolute Gasteiger partial charge is 0.311 e. The van der Waals surface area contributed by atoms with Crippen molar-refractivity contribution in [3.05, 3.63) is 57.2 Å². The van der Waals surface area contributed by atoms with Crippen molar-refractivity contribution in [1.82, 2.24) is 5.32 Å². The topological polar surface area (TPSA) is 12.0 Å². The lowest BCUT2D eigenvalue weighted by Gasteiger charge is -2.17. The Labute approximate surface area is 120 Å². The minimum atomic E-state index is -2.84. The van der Waals surface area contributed by atoms with Crippen LogP contribution in [0.4, 0.5) is 8.78 Å². The molecule has 0 saturated heterocycles. The molecular formula is C14H14ClF2NS. The number of rotatable bonds is 6. The van der Waals surface area contributed by atoms with Crippen LogP contribution >= 0.6 is 22.9 Å². The molecular weight excluding hydrogens is 288 g/mol. The Morgan fingerprint density at radius 2 is 1.84 bits per heavy atom. The molecule has 0 saturated carbocycles. The van der Waals surface area contributed by atoms with Gasteiger partial charge in [0.1, 0.15) is 0 Å². The molecule has 0 unspecified atom stereocenters. The highest BCUT2D eigenvalue weighted by Gasteiger charge is 2.30. The number of nitrogens with one attached hydrogen (secondary N) is 1. The molecule has 0 fully saturated rings. The summed E-state index contributed by atoms with van der Waals surface area (Å²) in [6.07, 6.45) is 0.711. The highest BCUT2D eigenvalue weighted by Crippen LogP contribution is 2.26. The van der Waals surface area contributed by atoms with Crippen LogP contribution in [0, 0.1) is 0 Å². The molecule has 0 aliphatic rings. The number of benzene rings is 1. The normalized spacial score (nSPS) is 11.7. The zero-order valence-electron chi connectivity index (χ0n) is 10.2. The van der Waals surface area contributed by atoms with Gasteiger partial charge in [0.15, 0.2) is 0 Å². The molecule has 1 aromatic carbocycles. The molecule has 1 aromatic heterocycles. The molecule has 1 nitrogen and oxygen atoms in total. The zero-order chi connectivity index (χ0) is 13.7. The van der Waals surface area contributed by atoms with Gasteiger partial charge in [0.25, 0.3) is 5.92 Å². The Kier molecular flexibility index (Phi) is 4.91. The van der Waals surface area contributed by atoms with Crippen LogP contribution in [0.2, 0.25) is 4.34 Å². The monoisotopic (exact) mass is 301 g/mol. The van der Waals surface area contributed by atoms with Crippen LogP contribution in [0.3, 0.4) is 0 Å². The maximum atomic E-state index is 13.8. The minimum Gasteiger partial charge on any atom is -0.311 e. The molecule has 0 bridgehead atoms. The summed E-state index contributed by atoms with van der Waals surface area (Å²) in [6, 6.07) is 11.6. The Morgan fingerprint density at radius 3 is 2.47 bits per heavy atom. The predicted molar refractivity (Wildman–Crippen MR) is 76.2 cm³/mol. The third kappa shape index (κ3) is 4.27. The molecule has 0 radical (unpaired) electrons. The standard InChI is InChI=1S/C14H14ClF2NS/c15-13-7-6-12(19-13)8-9-18-10-14(16,17)11-4-2-1-3-5-11/h1-7,18H,8-10H2. The second-order valence-corrected chi connectivity index (χ2v) is 6.00. The van der Waals surface area contributed by atoms with E-state index >= 15 is 0 Å². The van der Waals surface area contributed by atoms with Gasteiger partial charge in [0.2, 0.25) is 0 Å². The van der Waals surface area contributed by atoms with Crippen LogP contribution < -0.4 is 5.32 Å². The quantitative estimate of drug-likeness (QED) is 0.783. The molecule has 102 valence electrons. The molecule has 1 heterocycles. The van der Waals surface area contributed by atoms with Gasteiger partial charge in [-0.15, -0.1) is 11.3 Å². The summed E-state index contributed by atoms with van der Waals surface area (Å²) < 4.78 is 28.3. The SMILES string of the molecule is FC(F)(CNCCc1ccc(Cl)s1)c1ccccc1. The van der Waals surface area contributed by atoms with Crippen molar-refractivity contribution >= 4 is 22.9 Å². The molecule has 5 heteroatoms. The molecule has 1 N–H and O–H groups in total. The Morgan fingerprint density at radius 1 is 1.11 bits per heavy atom. The van der Waals surface area contributed by atoms with Gasteiger partial charge in [-0.25, -0.2) is 0 Å². The lowest BCUT2D eigenvalue weighted by molar-refractivity contribution is -0.00284. The zero-order valence-corrected chi connectivity index (χ0v) is 11.8. The summed E-state index contributed by atoms with van der Waals surface area (Å²) in [5.41, 5.74) is 0.0432. The fourth-order valence-corrected chi connectivity index (χ4v) is 2.81. The molecule has 19 heavy (non-hydrogen) atoms. The summed E-state index contributed by atoms with van der Waals surface area (Å²) in [5.74, 6) is -2.84. The van der Waals surface area contributed by atoms with E-state index in [0.29, 0.717) is 13.0 Å². The maximum Gasteiger partial charge on any atom is 0.285 e. The number of hydrogen-bond acceptors (Lipinski definition) is 2. The van der Waals surface area contributed by atoms with Gasteiger partial charge in [-0.05, 0) is 18.6 Å². The fraction of sp³-hybridized carbons (Fsp3) is 0.286. The van der Waals surface area contributed by atoms with Gasteiger partial charge < -0.3 is 5.32 Å². The first-order valence-electron chi connectivity index (χ1n) is 5.96. The first-order valence-corrected chi connectivity index (χ1v) is 7.16. The smallest absolute Gasteiger partial charge is 0.285 e. The van der Waals surface area contributed by atoms with Crippen molar-refractivity contribution in [2.24, 2.45) is 0 Å². The highest BCUT2D eigenvalue weighted by atomic mass is 35.5. The Hall–Kier alpha value is -0.970. The Balaban J connectivity index is 1.79. The molecule has 0 amide bonds. The third-order valence-corrected chi connectivity index (χ3v) is 4.01. The van der Waals surface area contributed by atoms with E-state index in [1.54, 1.807) is 18.2 Å². The summed E-state index contributed by atoms with van der Waals surface area (Å²) in [5, 5.41) is 2.80. The van der Waals surface area contributed by atoms with E-state index in [1.165, 1.54) is 23.5 Å². The van der Waals surface area contributed by atoms with Crippen LogP contribution in [-0.2, 0) is 12.3 Å². The predicted octanol–water partition coefficient (Wildman–Crippen LogP) is 4.33. The van der Waals surface area contributed by atoms with Crippen LogP contribution in [-0.4, -0.2) is 13.1 Å². The van der Waals surface area contributed by atoms with Gasteiger partial charge >= 0.3 is 0 Å². The van der Waals surface area contributed by atoms with Crippen molar-refractivity contribution < 1.29 is 8.78 Å². The van der Waals surface area contributed by atoms with Crippen molar-refractivity contribution in [2.75, 3.05) is 13.1 Å². The van der Waals surface area contributed by atoms with Gasteiger partial charge in [-0.2, -0.15) is 8.78 Å². The lowest BCUT2D eigenvalue weighted by atomic mass is 10.1. The molecule has 0 atom stereocenters. The molecule has 2 rings (SSSR count). The number of alkyl halides is 2. The highest BCUT2D eigenvalue weighted by molar-refractivity contribution is 7.16. The van der Waals surface area contributed by atoms with Gasteiger partial charge in [0, 0.05) is 17.0 Å². The van der Waals surface area contributed by atoms with E-state index < -0.39 is 5.92 Å². The van der Waals surface area contributed by atoms with Gasteiger partial charge in [0.05, 0.1) is 10.9 Å². The molecule has 0 aliphatic carbocycles. The van der Waals surface area contributed by atoms with Crippen molar-refractivity contribution in [1.29, 1.82) is 0 Å². The van der Waals surface area contributed by atoms with Crippen LogP contribution in [0.15, 0.2) is 42.5 Å². The van der Waals surface area contributed by atoms with Crippen molar-refractivity contribution in [3.63, 3.8) is 0 Å². The van der Waals surface area contributed by atoms with E-state index in [0.717, 1.165) is 9.21 Å². The average Bonchev–Trinajstić information content (AvgIpc) is 2.82. The summed E-state index contributed by atoms with van der Waals surface area (Å²) >= 11 is 7.28. The van der Waals surface area contributed by atoms with E-state index in [4.69, 9.17) is 11.6 Å². The van der Waals surface area contributed by atoms with Crippen molar-refractivity contribution in [3.8, 4) is 0 Å². The lowest BCUT2D eigenvalue weighted by Crippen LogP contribution is -2.31. The number of thiophene rings is 1. The van der Waals surface area contributed by atoms with Crippen LogP contribution in [0.5, 0.6) is 0 Å². The second-order valence-electron chi connectivity index (χ2n) is 4.20. The van der Waals surface area contributed by atoms with E-state index in [2.05, 4.69) is 5.32 Å². The number of hydrogen-bond donors (Lipinski definition) is 1. The first-order chi connectivity index (χ1) is 9.08. The maximum absolute atomic E-state index is 13.8. The summed E-state index contributed by atoms with van der Waals surface area (Å²) in [7, 11) is 0. The van der Waals surface area contributed by atoms with Gasteiger partial charge in [-0.3, -0.25) is 0 Å². The van der Waals surface area contributed by atoms with E-state index in [1.807, 2.05) is 12.1 Å². The van der Waals surface area contributed by atoms with E-state index in [-0.39, 0.29) is 12.1 Å². The average molecular weight is 302 g/mol. The third-order valence-electron chi connectivity index (χ3n) is 2.72. The van der Waals surface area contributed by atoms with Gasteiger partial charge in [-0.1, -0.05) is 41.9 Å². The van der Waals surface area contributed by atoms with Crippen LogP contribution in [0.25, 0.3) is 0 Å². The van der Waals surface area contributed by atoms with Crippen LogP contribution in [0.1, 0.15) is 10.4 Å². The molecule has 0 spiro atoms. The number of halogens is 3. The molecule has 2 aromatic rings. The Bertz CT molecular complexity index is 513.